The summed E-state index contributed by atoms with van der Waals surface area (Å²) >= 11 is 0.824. The number of hydrogen-bond acceptors (Lipinski definition) is 8. The van der Waals surface area contributed by atoms with E-state index in [9.17, 15) is 19.8 Å². The number of benzene rings is 1. The van der Waals surface area contributed by atoms with E-state index >= 15 is 0 Å². The molecule has 3 rings (SSSR count). The molecular weight excluding hydrogens is 358 g/mol. The highest BCUT2D eigenvalue weighted by Crippen LogP contribution is 2.28. The quantitative estimate of drug-likeness (QED) is 0.493. The third-order valence-corrected chi connectivity index (χ3v) is 4.13. The van der Waals surface area contributed by atoms with Crippen molar-refractivity contribution in [1.82, 2.24) is 15.2 Å². The second-order valence-electron chi connectivity index (χ2n) is 5.17. The number of carbonyl (C=O) groups excluding carboxylic acids is 2. The molecular formula is C17H11N3O5S-2. The number of aliphatic carboxylic acids is 1. The van der Waals surface area contributed by atoms with Gasteiger partial charge in [0.05, 0.1) is 11.9 Å². The molecule has 0 unspecified atom stereocenters. The molecule has 0 fully saturated rings. The Morgan fingerprint density at radius 1 is 1.23 bits per heavy atom. The Morgan fingerprint density at radius 2 is 2.04 bits per heavy atom. The summed E-state index contributed by atoms with van der Waals surface area (Å²) in [5.74, 6) is -1.49. The first-order chi connectivity index (χ1) is 12.4. The Hall–Kier alpha value is -3.33. The molecule has 2 heterocycles. The number of hydrogen-bond donors (Lipinski definition) is 1. The average molecular weight is 369 g/mol. The summed E-state index contributed by atoms with van der Waals surface area (Å²) < 4.78 is 5.59. The zero-order valence-corrected chi connectivity index (χ0v) is 14.2. The fourth-order valence-electron chi connectivity index (χ4n) is 2.11. The van der Waals surface area contributed by atoms with E-state index in [4.69, 9.17) is 4.42 Å². The van der Waals surface area contributed by atoms with Crippen molar-refractivity contribution < 1.29 is 24.2 Å². The highest BCUT2D eigenvalue weighted by Gasteiger charge is 2.10. The predicted molar refractivity (Wildman–Crippen MR) is 88.4 cm³/mol. The van der Waals surface area contributed by atoms with Gasteiger partial charge >= 0.3 is 0 Å². The van der Waals surface area contributed by atoms with Crippen molar-refractivity contribution >= 4 is 29.8 Å². The summed E-state index contributed by atoms with van der Waals surface area (Å²) in [5.41, 5.74) is 0.542. The van der Waals surface area contributed by atoms with E-state index in [2.05, 4.69) is 15.2 Å². The fourth-order valence-corrected chi connectivity index (χ4v) is 2.84. The summed E-state index contributed by atoms with van der Waals surface area (Å²) in [4.78, 5) is 26.2. The highest BCUT2D eigenvalue weighted by atomic mass is 32.2. The molecule has 2 aromatic heterocycles. The number of aryl methyl sites for hydroxylation is 1. The number of nitrogens with one attached hydrogen (secondary N) is 1. The molecule has 132 valence electrons. The molecule has 8 nitrogen and oxygen atoms in total. The average Bonchev–Trinajstić information content (AvgIpc) is 3.23. The Morgan fingerprint density at radius 3 is 2.69 bits per heavy atom. The van der Waals surface area contributed by atoms with Crippen LogP contribution in [0.1, 0.15) is 21.9 Å². The number of carboxylic acids is 2. The van der Waals surface area contributed by atoms with Crippen LogP contribution in [0.3, 0.4) is 0 Å². The molecule has 0 aliphatic heterocycles. The third-order valence-electron chi connectivity index (χ3n) is 3.26. The monoisotopic (exact) mass is 369 g/mol. The number of H-pyrrole nitrogens is 1. The maximum absolute atomic E-state index is 11.3. The van der Waals surface area contributed by atoms with Crippen LogP contribution in [-0.2, 0) is 4.79 Å². The molecule has 1 N–H and O–H groups in total. The molecule has 26 heavy (non-hydrogen) atoms. The molecule has 9 heteroatoms. The molecule has 3 aromatic rings. The second-order valence-corrected chi connectivity index (χ2v) is 6.18. The number of aromatic carboxylic acids is 1. The van der Waals surface area contributed by atoms with Gasteiger partial charge in [-0.25, -0.2) is 4.98 Å². The van der Waals surface area contributed by atoms with E-state index in [1.54, 1.807) is 31.2 Å². The number of carbonyl (C=O) groups is 2. The lowest BCUT2D eigenvalue weighted by Gasteiger charge is -2.05. The van der Waals surface area contributed by atoms with Crippen LogP contribution in [-0.4, -0.2) is 27.1 Å². The number of carboxylic acid groups (broad SMARTS) is 2. The molecule has 0 amide bonds. The van der Waals surface area contributed by atoms with Crippen molar-refractivity contribution in [2.24, 2.45) is 0 Å². The molecule has 0 aliphatic rings. The standard InChI is InChI=1S/C17H13N3O5S/c1-9-18-17(20-19-9)26-14(16(23)24)8-12-5-6-13(25-12)10-3-2-4-11(7-10)15(21)22/h2-8H,1H3,(H,21,22)(H,23,24)(H,18,19,20)/p-2/b14-8+. The smallest absolute Gasteiger partial charge is 0.213 e. The van der Waals surface area contributed by atoms with E-state index in [0.29, 0.717) is 17.1 Å². The van der Waals surface area contributed by atoms with E-state index in [0.717, 1.165) is 11.8 Å². The van der Waals surface area contributed by atoms with E-state index in [1.165, 1.54) is 18.2 Å². The van der Waals surface area contributed by atoms with Gasteiger partial charge < -0.3 is 24.2 Å². The summed E-state index contributed by atoms with van der Waals surface area (Å²) in [6.07, 6.45) is 1.29. The van der Waals surface area contributed by atoms with Crippen LogP contribution in [0.25, 0.3) is 17.4 Å². The van der Waals surface area contributed by atoms with Gasteiger partial charge in [-0.15, -0.1) is 5.10 Å². The number of rotatable bonds is 6. The van der Waals surface area contributed by atoms with Crippen LogP contribution in [0.2, 0.25) is 0 Å². The second kappa shape index (κ2) is 7.28. The maximum atomic E-state index is 11.3. The van der Waals surface area contributed by atoms with Gasteiger partial charge in [-0.1, -0.05) is 18.2 Å². The zero-order chi connectivity index (χ0) is 18.7. The molecule has 0 spiro atoms. The molecule has 0 saturated carbocycles. The number of aromatic amines is 1. The first-order valence-corrected chi connectivity index (χ1v) is 8.15. The first kappa shape index (κ1) is 17.5. The van der Waals surface area contributed by atoms with Crippen LogP contribution >= 0.6 is 11.8 Å². The Bertz CT molecular complexity index is 1010. The lowest BCUT2D eigenvalue weighted by molar-refractivity contribution is -0.298. The molecule has 0 radical (unpaired) electrons. The van der Waals surface area contributed by atoms with Crippen molar-refractivity contribution in [3.05, 3.63) is 58.5 Å². The van der Waals surface area contributed by atoms with E-state index in [1.807, 2.05) is 0 Å². The summed E-state index contributed by atoms with van der Waals surface area (Å²) in [6, 6.07) is 9.22. The normalized spacial score (nSPS) is 11.5. The van der Waals surface area contributed by atoms with Crippen molar-refractivity contribution in [3.8, 4) is 11.3 Å². The topological polar surface area (TPSA) is 135 Å². The van der Waals surface area contributed by atoms with Gasteiger partial charge in [-0.2, -0.15) is 0 Å². The van der Waals surface area contributed by atoms with Gasteiger partial charge in [0.1, 0.15) is 17.3 Å². The molecule has 0 bridgehead atoms. The largest absolute Gasteiger partial charge is 0.545 e. The van der Waals surface area contributed by atoms with Gasteiger partial charge in [0, 0.05) is 10.5 Å². The highest BCUT2D eigenvalue weighted by molar-refractivity contribution is 8.04. The van der Waals surface area contributed by atoms with Crippen LogP contribution in [0.4, 0.5) is 0 Å². The minimum absolute atomic E-state index is 0.0157. The zero-order valence-electron chi connectivity index (χ0n) is 13.4. The molecule has 0 atom stereocenters. The van der Waals surface area contributed by atoms with Crippen molar-refractivity contribution in [1.29, 1.82) is 0 Å². The lowest BCUT2D eigenvalue weighted by Crippen LogP contribution is -2.23. The lowest BCUT2D eigenvalue weighted by atomic mass is 10.1. The van der Waals surface area contributed by atoms with Crippen LogP contribution in [0, 0.1) is 6.92 Å². The van der Waals surface area contributed by atoms with Gasteiger partial charge in [0.15, 0.2) is 0 Å². The van der Waals surface area contributed by atoms with Crippen LogP contribution in [0.15, 0.2) is 50.9 Å². The summed E-state index contributed by atoms with van der Waals surface area (Å²) in [6.45, 7) is 1.69. The summed E-state index contributed by atoms with van der Waals surface area (Å²) in [7, 11) is 0. The van der Waals surface area contributed by atoms with Crippen LogP contribution < -0.4 is 10.2 Å². The summed E-state index contributed by atoms with van der Waals surface area (Å²) in [5, 5.41) is 29.0. The SMILES string of the molecule is Cc1nc(S/C(=C/c2ccc(-c3cccc(C(=O)[O-])c3)o2)C(=O)[O-])n[nH]1. The van der Waals surface area contributed by atoms with E-state index in [-0.39, 0.29) is 21.4 Å². The van der Waals surface area contributed by atoms with Gasteiger partial charge in [-0.05, 0) is 48.5 Å². The number of aromatic nitrogens is 3. The van der Waals surface area contributed by atoms with Gasteiger partial charge in [-0.3, -0.25) is 5.10 Å². The number of nitrogens with zero attached hydrogens (tertiary/aromatic N) is 2. The van der Waals surface area contributed by atoms with E-state index < -0.39 is 11.9 Å². The number of thioether (sulfide) groups is 1. The minimum atomic E-state index is -1.39. The predicted octanol–water partition coefficient (Wildman–Crippen LogP) is 0.620. The molecule has 1 aromatic carbocycles. The van der Waals surface area contributed by atoms with Gasteiger partial charge in [0.25, 0.3) is 0 Å². The number of furan rings is 1. The van der Waals surface area contributed by atoms with Crippen molar-refractivity contribution in [2.75, 3.05) is 0 Å². The molecule has 0 saturated heterocycles. The Labute approximate surface area is 151 Å². The minimum Gasteiger partial charge on any atom is -0.545 e. The van der Waals surface area contributed by atoms with Crippen molar-refractivity contribution in [3.63, 3.8) is 0 Å². The maximum Gasteiger partial charge on any atom is 0.213 e. The van der Waals surface area contributed by atoms with Crippen molar-refractivity contribution in [2.45, 2.75) is 12.1 Å². The van der Waals surface area contributed by atoms with Gasteiger partial charge in [0.2, 0.25) is 5.16 Å². The molecule has 0 aliphatic carbocycles. The Kier molecular flexibility index (Phi) is 4.90. The van der Waals surface area contributed by atoms with Crippen LogP contribution in [0.5, 0.6) is 0 Å². The first-order valence-electron chi connectivity index (χ1n) is 7.34. The third kappa shape index (κ3) is 4.01. The Balaban J connectivity index is 1.87. The fraction of sp³-hybridized carbons (Fsp3) is 0.0588.